The zero-order chi connectivity index (χ0) is 18.1. The maximum absolute atomic E-state index is 13.9. The van der Waals surface area contributed by atoms with Crippen molar-refractivity contribution in [3.63, 3.8) is 0 Å². The molecule has 0 unspecified atom stereocenters. The van der Waals surface area contributed by atoms with E-state index in [0.717, 1.165) is 17.0 Å². The number of methoxy groups -OCH3 is 1. The van der Waals surface area contributed by atoms with E-state index in [1.54, 1.807) is 25.3 Å². The van der Waals surface area contributed by atoms with Gasteiger partial charge in [0.15, 0.2) is 5.65 Å². The molecule has 0 saturated heterocycles. The van der Waals surface area contributed by atoms with Crippen LogP contribution in [-0.4, -0.2) is 26.7 Å². The van der Waals surface area contributed by atoms with Crippen molar-refractivity contribution in [2.75, 3.05) is 12.8 Å². The number of ether oxygens (including phenoxy) is 1. The molecule has 6 nitrogen and oxygen atoms in total. The van der Waals surface area contributed by atoms with Gasteiger partial charge in [-0.2, -0.15) is 14.6 Å². The van der Waals surface area contributed by atoms with E-state index in [4.69, 9.17) is 10.5 Å². The Morgan fingerprint density at radius 2 is 1.85 bits per heavy atom. The lowest BCUT2D eigenvalue weighted by Crippen LogP contribution is -2.08. The van der Waals surface area contributed by atoms with Crippen LogP contribution in [0.25, 0.3) is 16.9 Å². The van der Waals surface area contributed by atoms with E-state index < -0.39 is 0 Å². The van der Waals surface area contributed by atoms with Crippen LogP contribution in [0, 0.1) is 5.82 Å². The number of nitrogens with two attached hydrogens (primary N) is 1. The molecule has 0 aliphatic rings. The monoisotopic (exact) mass is 349 g/mol. The second-order valence-corrected chi connectivity index (χ2v) is 5.79. The van der Waals surface area contributed by atoms with Crippen LogP contribution in [0.3, 0.4) is 0 Å². The van der Waals surface area contributed by atoms with Crippen LogP contribution in [0.5, 0.6) is 5.75 Å². The lowest BCUT2D eigenvalue weighted by atomic mass is 10.1. The summed E-state index contributed by atoms with van der Waals surface area (Å²) in [6, 6.07) is 15.9. The van der Waals surface area contributed by atoms with Crippen molar-refractivity contribution in [3.05, 3.63) is 71.8 Å². The average molecular weight is 349 g/mol. The van der Waals surface area contributed by atoms with Gasteiger partial charge in [-0.15, -0.1) is 0 Å². The zero-order valence-electron chi connectivity index (χ0n) is 14.1. The van der Waals surface area contributed by atoms with Crippen molar-refractivity contribution in [1.29, 1.82) is 0 Å². The summed E-state index contributed by atoms with van der Waals surface area (Å²) < 4.78 is 20.5. The van der Waals surface area contributed by atoms with Gasteiger partial charge in [0.1, 0.15) is 17.4 Å². The first-order chi connectivity index (χ1) is 12.6. The van der Waals surface area contributed by atoms with Gasteiger partial charge in [0.05, 0.1) is 12.8 Å². The number of rotatable bonds is 4. The Labute approximate surface area is 149 Å². The van der Waals surface area contributed by atoms with Crippen LogP contribution in [-0.2, 0) is 6.42 Å². The van der Waals surface area contributed by atoms with Gasteiger partial charge in [0, 0.05) is 18.1 Å². The highest BCUT2D eigenvalue weighted by molar-refractivity contribution is 5.65. The highest BCUT2D eigenvalue weighted by Crippen LogP contribution is 2.23. The van der Waals surface area contributed by atoms with Gasteiger partial charge in [-0.25, -0.2) is 9.37 Å². The van der Waals surface area contributed by atoms with E-state index in [1.807, 2.05) is 30.3 Å². The summed E-state index contributed by atoms with van der Waals surface area (Å²) in [5.41, 5.74) is 8.73. The van der Waals surface area contributed by atoms with Gasteiger partial charge < -0.3 is 10.5 Å². The molecule has 2 aromatic carbocycles. The maximum Gasteiger partial charge on any atom is 0.224 e. The second kappa shape index (κ2) is 6.44. The third-order valence-corrected chi connectivity index (χ3v) is 4.09. The van der Waals surface area contributed by atoms with Gasteiger partial charge in [0.2, 0.25) is 5.95 Å². The van der Waals surface area contributed by atoms with Gasteiger partial charge in [-0.05, 0) is 35.9 Å². The van der Waals surface area contributed by atoms with Crippen LogP contribution >= 0.6 is 0 Å². The summed E-state index contributed by atoms with van der Waals surface area (Å²) in [6.07, 6.45) is 0.260. The quantitative estimate of drug-likeness (QED) is 0.612. The third-order valence-electron chi connectivity index (χ3n) is 4.09. The van der Waals surface area contributed by atoms with Crippen molar-refractivity contribution in [2.24, 2.45) is 0 Å². The zero-order valence-corrected chi connectivity index (χ0v) is 14.1. The minimum atomic E-state index is -0.290. The summed E-state index contributed by atoms with van der Waals surface area (Å²) in [7, 11) is 1.62. The summed E-state index contributed by atoms with van der Waals surface area (Å²) in [4.78, 5) is 8.72. The number of nitrogens with zero attached hydrogens (tertiary/aromatic N) is 4. The van der Waals surface area contributed by atoms with Crippen molar-refractivity contribution >= 4 is 11.6 Å². The van der Waals surface area contributed by atoms with E-state index in [9.17, 15) is 4.39 Å². The Hall–Kier alpha value is -3.48. The van der Waals surface area contributed by atoms with Crippen LogP contribution in [0.15, 0.2) is 54.6 Å². The summed E-state index contributed by atoms with van der Waals surface area (Å²) in [6.45, 7) is 0. The molecule has 0 aliphatic carbocycles. The molecule has 0 radical (unpaired) electrons. The Kier molecular flexibility index (Phi) is 3.96. The molecule has 2 aromatic heterocycles. The Morgan fingerprint density at radius 1 is 1.08 bits per heavy atom. The molecular weight excluding hydrogens is 333 g/mol. The summed E-state index contributed by atoms with van der Waals surface area (Å²) in [5, 5.41) is 4.46. The molecule has 2 N–H and O–H groups in total. The number of benzene rings is 2. The smallest absolute Gasteiger partial charge is 0.224 e. The molecule has 0 amide bonds. The number of halogens is 1. The topological polar surface area (TPSA) is 78.3 Å². The molecule has 0 atom stereocenters. The van der Waals surface area contributed by atoms with Gasteiger partial charge in [-0.1, -0.05) is 18.2 Å². The van der Waals surface area contributed by atoms with E-state index >= 15 is 0 Å². The largest absolute Gasteiger partial charge is 0.497 e. The average Bonchev–Trinajstić information content (AvgIpc) is 3.08. The molecule has 0 fully saturated rings. The van der Waals surface area contributed by atoms with Gasteiger partial charge in [-0.3, -0.25) is 0 Å². The predicted octanol–water partition coefficient (Wildman–Crippen LogP) is 3.11. The van der Waals surface area contributed by atoms with Crippen molar-refractivity contribution in [2.45, 2.75) is 6.42 Å². The molecule has 0 aliphatic heterocycles. The Balaban J connectivity index is 1.71. The molecule has 26 heavy (non-hydrogen) atoms. The van der Waals surface area contributed by atoms with Crippen LogP contribution < -0.4 is 10.5 Å². The first-order valence-electron chi connectivity index (χ1n) is 8.04. The number of nitrogen functional groups attached to an aromatic ring is 1. The van der Waals surface area contributed by atoms with Gasteiger partial charge >= 0.3 is 0 Å². The lowest BCUT2D eigenvalue weighted by Gasteiger charge is -2.04. The second-order valence-electron chi connectivity index (χ2n) is 5.79. The first kappa shape index (κ1) is 16.0. The molecule has 130 valence electrons. The molecular formula is C19H16FN5O. The van der Waals surface area contributed by atoms with Crippen LogP contribution in [0.1, 0.15) is 11.4 Å². The van der Waals surface area contributed by atoms with E-state index in [-0.39, 0.29) is 18.2 Å². The van der Waals surface area contributed by atoms with E-state index in [1.165, 1.54) is 10.6 Å². The maximum atomic E-state index is 13.9. The van der Waals surface area contributed by atoms with Gasteiger partial charge in [0.25, 0.3) is 0 Å². The van der Waals surface area contributed by atoms with Crippen molar-refractivity contribution in [3.8, 4) is 17.0 Å². The minimum Gasteiger partial charge on any atom is -0.497 e. The fourth-order valence-corrected chi connectivity index (χ4v) is 2.75. The minimum absolute atomic E-state index is 0.209. The molecule has 0 spiro atoms. The number of fused-ring (bicyclic) bond motifs is 1. The number of hydrogen-bond acceptors (Lipinski definition) is 5. The molecule has 4 aromatic rings. The Morgan fingerprint density at radius 3 is 2.58 bits per heavy atom. The van der Waals surface area contributed by atoms with E-state index in [2.05, 4.69) is 15.1 Å². The molecule has 2 heterocycles. The molecule has 4 rings (SSSR count). The molecule has 0 saturated carbocycles. The summed E-state index contributed by atoms with van der Waals surface area (Å²) in [5.74, 6) is 1.13. The lowest BCUT2D eigenvalue weighted by molar-refractivity contribution is 0.415. The molecule has 0 bridgehead atoms. The fraction of sp³-hybridized carbons (Fsp3) is 0.105. The Bertz CT molecular complexity index is 1080. The normalized spacial score (nSPS) is 11.0. The van der Waals surface area contributed by atoms with Crippen molar-refractivity contribution < 1.29 is 9.13 Å². The summed E-state index contributed by atoms with van der Waals surface area (Å²) >= 11 is 0. The highest BCUT2D eigenvalue weighted by Gasteiger charge is 2.12. The highest BCUT2D eigenvalue weighted by atomic mass is 19.1. The number of anilines is 1. The number of aromatic nitrogens is 4. The van der Waals surface area contributed by atoms with Crippen LogP contribution in [0.2, 0.25) is 0 Å². The SMILES string of the molecule is COc1ccc(-c2cc3nc(Cc4ccccc4F)nc(N)n3n2)cc1. The number of hydrogen-bond donors (Lipinski definition) is 1. The van der Waals surface area contributed by atoms with Crippen molar-refractivity contribution in [1.82, 2.24) is 19.6 Å². The standard InChI is InChI=1S/C19H16FN5O/c1-26-14-8-6-12(7-9-14)16-11-18-22-17(23-19(21)25(18)24-16)10-13-4-2-3-5-15(13)20/h2-9,11H,10H2,1H3,(H2,21,22,23). The first-order valence-corrected chi connectivity index (χ1v) is 8.04. The fourth-order valence-electron chi connectivity index (χ4n) is 2.75. The predicted molar refractivity (Wildman–Crippen MR) is 96.4 cm³/mol. The molecule has 7 heteroatoms. The van der Waals surface area contributed by atoms with E-state index in [0.29, 0.717) is 17.0 Å². The van der Waals surface area contributed by atoms with Crippen LogP contribution in [0.4, 0.5) is 10.3 Å². The third kappa shape index (κ3) is 2.95.